The van der Waals surface area contributed by atoms with E-state index in [1.807, 2.05) is 0 Å². The summed E-state index contributed by atoms with van der Waals surface area (Å²) in [4.78, 5) is 10.4. The fourth-order valence-corrected chi connectivity index (χ4v) is 3.58. The van der Waals surface area contributed by atoms with Gasteiger partial charge in [0, 0.05) is 6.42 Å². The van der Waals surface area contributed by atoms with Crippen molar-refractivity contribution in [1.82, 2.24) is 0 Å². The van der Waals surface area contributed by atoms with Gasteiger partial charge in [-0.05, 0) is 32.1 Å². The van der Waals surface area contributed by atoms with E-state index in [4.69, 9.17) is 5.11 Å². The molecule has 0 unspecified atom stereocenters. The Morgan fingerprint density at radius 1 is 0.556 bits per heavy atom. The molecule has 0 rings (SSSR count). The largest absolute Gasteiger partial charge is 0.481 e. The molecule has 27 heavy (non-hydrogen) atoms. The summed E-state index contributed by atoms with van der Waals surface area (Å²) in [5, 5.41) is 8.57. The zero-order chi connectivity index (χ0) is 19.8. The van der Waals surface area contributed by atoms with Crippen molar-refractivity contribution in [2.45, 2.75) is 142 Å². The number of unbranched alkanes of at least 4 members (excludes halogenated alkanes) is 18. The molecule has 0 aliphatic heterocycles. The van der Waals surface area contributed by atoms with Gasteiger partial charge in [-0.3, -0.25) is 4.79 Å². The molecule has 0 aliphatic rings. The van der Waals surface area contributed by atoms with Crippen molar-refractivity contribution < 1.29 is 9.90 Å². The van der Waals surface area contributed by atoms with Gasteiger partial charge in [0.2, 0.25) is 0 Å². The maximum atomic E-state index is 10.4. The normalized spacial score (nSPS) is 11.4. The summed E-state index contributed by atoms with van der Waals surface area (Å²) >= 11 is 0. The van der Waals surface area contributed by atoms with Gasteiger partial charge < -0.3 is 5.11 Å². The molecule has 0 saturated heterocycles. The molecule has 2 nitrogen and oxygen atoms in total. The number of carboxylic acids is 1. The zero-order valence-electron chi connectivity index (χ0n) is 18.4. The summed E-state index contributed by atoms with van der Waals surface area (Å²) in [7, 11) is 0. The van der Waals surface area contributed by atoms with Gasteiger partial charge in [0.15, 0.2) is 0 Å². The van der Waals surface area contributed by atoms with Crippen molar-refractivity contribution in [2.24, 2.45) is 0 Å². The van der Waals surface area contributed by atoms with Crippen LogP contribution in [0.1, 0.15) is 142 Å². The minimum absolute atomic E-state index is 0.341. The van der Waals surface area contributed by atoms with Crippen molar-refractivity contribution in [3.8, 4) is 0 Å². The van der Waals surface area contributed by atoms with Gasteiger partial charge in [-0.15, -0.1) is 0 Å². The van der Waals surface area contributed by atoms with Crippen LogP contribution in [-0.4, -0.2) is 11.1 Å². The predicted molar refractivity (Wildman–Crippen MR) is 119 cm³/mol. The lowest BCUT2D eigenvalue weighted by atomic mass is 10.0. The first-order valence-electron chi connectivity index (χ1n) is 12.1. The fraction of sp³-hybridized carbons (Fsp3) is 0.880. The molecular weight excluding hydrogens is 332 g/mol. The van der Waals surface area contributed by atoms with Crippen molar-refractivity contribution in [1.29, 1.82) is 0 Å². The SMILES string of the molecule is CCCCCCCCCCC=CCCCCCCCCCCCCC(=O)O. The molecule has 0 spiro atoms. The van der Waals surface area contributed by atoms with Crippen LogP contribution in [0, 0.1) is 0 Å². The maximum Gasteiger partial charge on any atom is 0.303 e. The zero-order valence-corrected chi connectivity index (χ0v) is 18.4. The van der Waals surface area contributed by atoms with Gasteiger partial charge in [0.25, 0.3) is 0 Å². The minimum atomic E-state index is -0.655. The Bertz CT molecular complexity index is 322. The number of rotatable bonds is 22. The highest BCUT2D eigenvalue weighted by Crippen LogP contribution is 2.13. The Hall–Kier alpha value is -0.790. The third-order valence-electron chi connectivity index (χ3n) is 5.40. The molecule has 0 amide bonds. The summed E-state index contributed by atoms with van der Waals surface area (Å²) in [5.74, 6) is -0.655. The number of hydrogen-bond donors (Lipinski definition) is 1. The Kier molecular flexibility index (Phi) is 22.6. The number of aliphatic carboxylic acids is 1. The molecule has 160 valence electrons. The van der Waals surface area contributed by atoms with Crippen LogP contribution in [0.4, 0.5) is 0 Å². The highest BCUT2D eigenvalue weighted by Gasteiger charge is 1.96. The smallest absolute Gasteiger partial charge is 0.303 e. The van der Waals surface area contributed by atoms with Gasteiger partial charge in [-0.1, -0.05) is 115 Å². The van der Waals surface area contributed by atoms with E-state index in [1.54, 1.807) is 0 Å². The summed E-state index contributed by atoms with van der Waals surface area (Å²) < 4.78 is 0. The topological polar surface area (TPSA) is 37.3 Å². The van der Waals surface area contributed by atoms with Crippen LogP contribution in [-0.2, 0) is 4.79 Å². The number of hydrogen-bond acceptors (Lipinski definition) is 1. The third-order valence-corrected chi connectivity index (χ3v) is 5.40. The highest BCUT2D eigenvalue weighted by atomic mass is 16.4. The Morgan fingerprint density at radius 2 is 0.889 bits per heavy atom. The van der Waals surface area contributed by atoms with Crippen molar-refractivity contribution in [2.75, 3.05) is 0 Å². The van der Waals surface area contributed by atoms with Crippen molar-refractivity contribution in [3.63, 3.8) is 0 Å². The molecule has 0 bridgehead atoms. The van der Waals surface area contributed by atoms with Crippen LogP contribution in [0.3, 0.4) is 0 Å². The fourth-order valence-electron chi connectivity index (χ4n) is 3.58. The first kappa shape index (κ1) is 26.2. The van der Waals surface area contributed by atoms with Gasteiger partial charge in [0.05, 0.1) is 0 Å². The Labute approximate surface area is 170 Å². The average Bonchev–Trinajstić information content (AvgIpc) is 2.65. The van der Waals surface area contributed by atoms with Crippen LogP contribution in [0.15, 0.2) is 12.2 Å². The van der Waals surface area contributed by atoms with E-state index in [1.165, 1.54) is 116 Å². The lowest BCUT2D eigenvalue weighted by Crippen LogP contribution is -1.93. The second-order valence-corrected chi connectivity index (χ2v) is 8.20. The van der Waals surface area contributed by atoms with Crippen molar-refractivity contribution >= 4 is 5.97 Å². The van der Waals surface area contributed by atoms with Crippen LogP contribution in [0.25, 0.3) is 0 Å². The van der Waals surface area contributed by atoms with Gasteiger partial charge in [-0.2, -0.15) is 0 Å². The molecule has 0 saturated carbocycles. The molecule has 0 aromatic heterocycles. The quantitative estimate of drug-likeness (QED) is 0.150. The molecule has 1 N–H and O–H groups in total. The van der Waals surface area contributed by atoms with Crippen LogP contribution in [0.2, 0.25) is 0 Å². The van der Waals surface area contributed by atoms with Crippen LogP contribution in [0.5, 0.6) is 0 Å². The standard InChI is InChI=1S/C25H48O2/c1-2-3-4-5-6-7-8-9-10-11-12-13-14-15-16-17-18-19-20-21-22-23-24-25(26)27/h11-12H,2-10,13-24H2,1H3,(H,26,27). The molecule has 0 aromatic carbocycles. The van der Waals surface area contributed by atoms with E-state index >= 15 is 0 Å². The summed E-state index contributed by atoms with van der Waals surface area (Å²) in [6.07, 6.45) is 31.6. The molecule has 0 radical (unpaired) electrons. The van der Waals surface area contributed by atoms with Gasteiger partial charge in [0.1, 0.15) is 0 Å². The molecular formula is C25H48O2. The van der Waals surface area contributed by atoms with E-state index < -0.39 is 5.97 Å². The molecule has 0 atom stereocenters. The average molecular weight is 381 g/mol. The van der Waals surface area contributed by atoms with E-state index in [2.05, 4.69) is 19.1 Å². The summed E-state index contributed by atoms with van der Waals surface area (Å²) in [6.45, 7) is 2.28. The predicted octanol–water partition coefficient (Wildman–Crippen LogP) is 8.84. The number of carboxylic acid groups (broad SMARTS) is 1. The lowest BCUT2D eigenvalue weighted by Gasteiger charge is -2.02. The first-order valence-corrected chi connectivity index (χ1v) is 12.1. The highest BCUT2D eigenvalue weighted by molar-refractivity contribution is 5.66. The van der Waals surface area contributed by atoms with Crippen LogP contribution < -0.4 is 0 Å². The first-order chi connectivity index (χ1) is 13.3. The molecule has 0 heterocycles. The van der Waals surface area contributed by atoms with E-state index in [0.29, 0.717) is 6.42 Å². The van der Waals surface area contributed by atoms with E-state index in [0.717, 1.165) is 12.8 Å². The Morgan fingerprint density at radius 3 is 1.26 bits per heavy atom. The Balaban J connectivity index is 3.07. The molecule has 0 fully saturated rings. The maximum absolute atomic E-state index is 10.4. The van der Waals surface area contributed by atoms with Gasteiger partial charge in [-0.25, -0.2) is 0 Å². The molecule has 2 heteroatoms. The minimum Gasteiger partial charge on any atom is -0.481 e. The second-order valence-electron chi connectivity index (χ2n) is 8.20. The van der Waals surface area contributed by atoms with Crippen molar-refractivity contribution in [3.05, 3.63) is 12.2 Å². The molecule has 0 aliphatic carbocycles. The summed E-state index contributed by atoms with van der Waals surface area (Å²) in [5.41, 5.74) is 0. The van der Waals surface area contributed by atoms with Gasteiger partial charge >= 0.3 is 5.97 Å². The van der Waals surface area contributed by atoms with E-state index in [-0.39, 0.29) is 0 Å². The monoisotopic (exact) mass is 380 g/mol. The van der Waals surface area contributed by atoms with Crippen LogP contribution >= 0.6 is 0 Å². The number of carbonyl (C=O) groups is 1. The lowest BCUT2D eigenvalue weighted by molar-refractivity contribution is -0.137. The number of allylic oxidation sites excluding steroid dienone is 2. The third kappa shape index (κ3) is 25.2. The van der Waals surface area contributed by atoms with E-state index in [9.17, 15) is 4.79 Å². The molecule has 0 aromatic rings. The summed E-state index contributed by atoms with van der Waals surface area (Å²) in [6, 6.07) is 0. The second kappa shape index (κ2) is 23.2.